The van der Waals surface area contributed by atoms with E-state index in [0.717, 1.165) is 19.4 Å². The van der Waals surface area contributed by atoms with Gasteiger partial charge in [-0.3, -0.25) is 0 Å². The molecule has 1 aliphatic rings. The molecule has 1 nitrogen and oxygen atoms in total. The third kappa shape index (κ3) is 1.61. The van der Waals surface area contributed by atoms with Gasteiger partial charge in [0.05, 0.1) is 5.60 Å². The summed E-state index contributed by atoms with van der Waals surface area (Å²) >= 11 is 0. The highest BCUT2D eigenvalue weighted by molar-refractivity contribution is 5.32. The molecule has 0 saturated heterocycles. The van der Waals surface area contributed by atoms with Crippen LogP contribution in [0.15, 0.2) is 24.3 Å². The van der Waals surface area contributed by atoms with Crippen LogP contribution < -0.4 is 0 Å². The zero-order valence-electron chi connectivity index (χ0n) is 8.34. The fourth-order valence-corrected chi connectivity index (χ4v) is 1.99. The maximum atomic E-state index is 5.82. The highest BCUT2D eigenvalue weighted by atomic mass is 16.5. The number of hydrogen-bond acceptors (Lipinski definition) is 1. The highest BCUT2D eigenvalue weighted by Crippen LogP contribution is 2.31. The third-order valence-electron chi connectivity index (χ3n) is 2.72. The lowest BCUT2D eigenvalue weighted by Gasteiger charge is -2.25. The predicted molar refractivity (Wildman–Crippen MR) is 53.7 cm³/mol. The number of rotatable bonds is 0. The maximum Gasteiger partial charge on any atom is 0.0877 e. The van der Waals surface area contributed by atoms with Gasteiger partial charge >= 0.3 is 0 Å². The molecule has 0 atom stereocenters. The van der Waals surface area contributed by atoms with Crippen molar-refractivity contribution in [2.45, 2.75) is 32.3 Å². The van der Waals surface area contributed by atoms with Crippen molar-refractivity contribution in [2.75, 3.05) is 6.61 Å². The van der Waals surface area contributed by atoms with Crippen LogP contribution in [0.4, 0.5) is 0 Å². The Labute approximate surface area is 79.7 Å². The van der Waals surface area contributed by atoms with E-state index < -0.39 is 0 Å². The summed E-state index contributed by atoms with van der Waals surface area (Å²) < 4.78 is 5.82. The second kappa shape index (κ2) is 3.15. The van der Waals surface area contributed by atoms with E-state index in [0.29, 0.717) is 0 Å². The van der Waals surface area contributed by atoms with Crippen LogP contribution in [-0.2, 0) is 16.8 Å². The lowest BCUT2D eigenvalue weighted by Crippen LogP contribution is -2.21. The van der Waals surface area contributed by atoms with Gasteiger partial charge in [0.1, 0.15) is 0 Å². The van der Waals surface area contributed by atoms with Gasteiger partial charge in [0, 0.05) is 6.61 Å². The lowest BCUT2D eigenvalue weighted by atomic mass is 9.92. The highest BCUT2D eigenvalue weighted by Gasteiger charge is 2.25. The van der Waals surface area contributed by atoms with Crippen molar-refractivity contribution >= 4 is 0 Å². The van der Waals surface area contributed by atoms with E-state index in [1.54, 1.807) is 0 Å². The Hall–Kier alpha value is -0.820. The molecule has 1 aliphatic heterocycles. The Balaban J connectivity index is 2.48. The molecule has 70 valence electrons. The summed E-state index contributed by atoms with van der Waals surface area (Å²) in [5, 5.41) is 0. The van der Waals surface area contributed by atoms with Gasteiger partial charge in [-0.05, 0) is 37.8 Å². The number of ether oxygens (including phenoxy) is 1. The minimum Gasteiger partial charge on any atom is -0.371 e. The molecular formula is C12H16O. The second-order valence-corrected chi connectivity index (χ2v) is 4.12. The van der Waals surface area contributed by atoms with Gasteiger partial charge in [-0.15, -0.1) is 0 Å². The quantitative estimate of drug-likeness (QED) is 0.590. The molecule has 1 heteroatoms. The van der Waals surface area contributed by atoms with Crippen LogP contribution in [0.3, 0.4) is 0 Å². The summed E-state index contributed by atoms with van der Waals surface area (Å²) in [5.74, 6) is 0. The molecule has 0 spiro atoms. The number of fused-ring (bicyclic) bond motifs is 1. The molecule has 0 amide bonds. The molecule has 0 unspecified atom stereocenters. The Kier molecular flexibility index (Phi) is 2.12. The van der Waals surface area contributed by atoms with Crippen molar-refractivity contribution < 1.29 is 4.74 Å². The minimum absolute atomic E-state index is 0.104. The average Bonchev–Trinajstić information content (AvgIpc) is 2.26. The zero-order chi connectivity index (χ0) is 9.31. The van der Waals surface area contributed by atoms with Crippen molar-refractivity contribution in [2.24, 2.45) is 0 Å². The van der Waals surface area contributed by atoms with E-state index in [9.17, 15) is 0 Å². The second-order valence-electron chi connectivity index (χ2n) is 4.12. The van der Waals surface area contributed by atoms with Crippen LogP contribution in [-0.4, -0.2) is 6.61 Å². The van der Waals surface area contributed by atoms with Gasteiger partial charge in [0.2, 0.25) is 0 Å². The fraction of sp³-hybridized carbons (Fsp3) is 0.500. The van der Waals surface area contributed by atoms with E-state index in [4.69, 9.17) is 4.74 Å². The molecule has 0 aromatic heterocycles. The van der Waals surface area contributed by atoms with Crippen LogP contribution in [0.2, 0.25) is 0 Å². The van der Waals surface area contributed by atoms with Gasteiger partial charge in [-0.1, -0.05) is 24.3 Å². The summed E-state index contributed by atoms with van der Waals surface area (Å²) in [4.78, 5) is 0. The van der Waals surface area contributed by atoms with E-state index in [-0.39, 0.29) is 5.60 Å². The molecule has 0 fully saturated rings. The lowest BCUT2D eigenvalue weighted by molar-refractivity contribution is -0.0177. The van der Waals surface area contributed by atoms with Gasteiger partial charge in [-0.2, -0.15) is 0 Å². The Morgan fingerprint density at radius 3 is 2.85 bits per heavy atom. The van der Waals surface area contributed by atoms with E-state index >= 15 is 0 Å². The summed E-state index contributed by atoms with van der Waals surface area (Å²) in [7, 11) is 0. The largest absolute Gasteiger partial charge is 0.371 e. The Morgan fingerprint density at radius 2 is 2.00 bits per heavy atom. The number of aryl methyl sites for hydroxylation is 1. The first kappa shape index (κ1) is 8.76. The fourth-order valence-electron chi connectivity index (χ4n) is 1.99. The molecule has 0 saturated carbocycles. The number of hydrogen-bond donors (Lipinski definition) is 0. The van der Waals surface area contributed by atoms with Crippen molar-refractivity contribution in [1.82, 2.24) is 0 Å². The van der Waals surface area contributed by atoms with Crippen LogP contribution in [0.25, 0.3) is 0 Å². The summed E-state index contributed by atoms with van der Waals surface area (Å²) in [6.45, 7) is 5.18. The summed E-state index contributed by atoms with van der Waals surface area (Å²) in [5.41, 5.74) is 2.70. The zero-order valence-corrected chi connectivity index (χ0v) is 8.34. The smallest absolute Gasteiger partial charge is 0.0877 e. The van der Waals surface area contributed by atoms with Gasteiger partial charge in [-0.25, -0.2) is 0 Å². The average molecular weight is 176 g/mol. The van der Waals surface area contributed by atoms with Crippen molar-refractivity contribution in [3.05, 3.63) is 35.4 Å². The third-order valence-corrected chi connectivity index (χ3v) is 2.72. The van der Waals surface area contributed by atoms with Crippen molar-refractivity contribution in [3.63, 3.8) is 0 Å². The minimum atomic E-state index is -0.104. The van der Waals surface area contributed by atoms with E-state index in [1.807, 2.05) is 0 Å². The van der Waals surface area contributed by atoms with E-state index in [2.05, 4.69) is 38.1 Å². The van der Waals surface area contributed by atoms with Crippen LogP contribution in [0, 0.1) is 0 Å². The molecule has 0 bridgehead atoms. The van der Waals surface area contributed by atoms with Gasteiger partial charge in [0.15, 0.2) is 0 Å². The molecule has 0 aliphatic carbocycles. The van der Waals surface area contributed by atoms with Crippen LogP contribution in [0.1, 0.15) is 31.4 Å². The topological polar surface area (TPSA) is 9.23 Å². The maximum absolute atomic E-state index is 5.82. The normalized spacial score (nSPS) is 20.5. The van der Waals surface area contributed by atoms with E-state index in [1.165, 1.54) is 11.1 Å². The number of benzene rings is 1. The molecule has 1 heterocycles. The predicted octanol–water partition coefficient (Wildman–Crippen LogP) is 2.88. The first-order valence-corrected chi connectivity index (χ1v) is 4.92. The van der Waals surface area contributed by atoms with Crippen molar-refractivity contribution in [3.8, 4) is 0 Å². The molecule has 0 N–H and O–H groups in total. The molecular weight excluding hydrogens is 160 g/mol. The monoisotopic (exact) mass is 176 g/mol. The molecule has 1 aromatic carbocycles. The SMILES string of the molecule is CC1(C)OCCCc2ccccc21. The first-order valence-electron chi connectivity index (χ1n) is 4.92. The molecule has 13 heavy (non-hydrogen) atoms. The molecule has 0 radical (unpaired) electrons. The standard InChI is InChI=1S/C12H16O/c1-12(2)11-8-4-3-6-10(11)7-5-9-13-12/h3-4,6,8H,5,7,9H2,1-2H3. The molecule has 2 rings (SSSR count). The Bertz CT molecular complexity index is 302. The summed E-state index contributed by atoms with van der Waals surface area (Å²) in [6.07, 6.45) is 2.29. The molecule has 1 aromatic rings. The van der Waals surface area contributed by atoms with Crippen molar-refractivity contribution in [1.29, 1.82) is 0 Å². The Morgan fingerprint density at radius 1 is 1.23 bits per heavy atom. The van der Waals surface area contributed by atoms with Crippen LogP contribution >= 0.6 is 0 Å². The van der Waals surface area contributed by atoms with Gasteiger partial charge in [0.25, 0.3) is 0 Å². The van der Waals surface area contributed by atoms with Crippen LogP contribution in [0.5, 0.6) is 0 Å². The van der Waals surface area contributed by atoms with Gasteiger partial charge < -0.3 is 4.74 Å². The first-order chi connectivity index (χ1) is 6.20. The summed E-state index contributed by atoms with van der Waals surface area (Å²) in [6, 6.07) is 8.60.